The Balaban J connectivity index is 1.53. The molecule has 3 rings (SSSR count). The van der Waals surface area contributed by atoms with Gasteiger partial charge in [0.25, 0.3) is 5.91 Å². The highest BCUT2D eigenvalue weighted by Gasteiger charge is 2.26. The number of hydrogen-bond donors (Lipinski definition) is 1. The van der Waals surface area contributed by atoms with Gasteiger partial charge < -0.3 is 19.4 Å². The van der Waals surface area contributed by atoms with Crippen molar-refractivity contribution in [3.63, 3.8) is 0 Å². The molecule has 1 fully saturated rings. The summed E-state index contributed by atoms with van der Waals surface area (Å²) in [4.78, 5) is 26.9. The Morgan fingerprint density at radius 2 is 2.18 bits per heavy atom. The van der Waals surface area contributed by atoms with Crippen molar-refractivity contribution in [3.8, 4) is 5.75 Å². The number of aryl methyl sites for hydroxylation is 1. The van der Waals surface area contributed by atoms with Crippen LogP contribution in [0.25, 0.3) is 0 Å². The number of halogens is 1. The summed E-state index contributed by atoms with van der Waals surface area (Å²) in [5.74, 6) is 1.43. The van der Waals surface area contributed by atoms with Gasteiger partial charge in [-0.2, -0.15) is 0 Å². The van der Waals surface area contributed by atoms with Gasteiger partial charge in [0, 0.05) is 24.5 Å². The zero-order chi connectivity index (χ0) is 20.1. The Morgan fingerprint density at radius 3 is 2.89 bits per heavy atom. The fourth-order valence-corrected chi connectivity index (χ4v) is 3.76. The number of furan rings is 1. The number of anilines is 1. The number of nitrogens with one attached hydrogen (secondary N) is 1. The van der Waals surface area contributed by atoms with Gasteiger partial charge in [-0.05, 0) is 56.4 Å². The second-order valence-electron chi connectivity index (χ2n) is 7.08. The van der Waals surface area contributed by atoms with Crippen molar-refractivity contribution in [1.82, 2.24) is 4.90 Å². The molecular weight excluding hydrogens is 380 g/mol. The molecule has 1 aromatic heterocycles. The van der Waals surface area contributed by atoms with Crippen molar-refractivity contribution in [1.29, 1.82) is 0 Å². The number of piperidine rings is 1. The quantitative estimate of drug-likeness (QED) is 0.768. The van der Waals surface area contributed by atoms with E-state index < -0.39 is 0 Å². The number of carbonyl (C=O) groups is 2. The third kappa shape index (κ3) is 4.87. The molecule has 1 aromatic carbocycles. The SMILES string of the molecule is COc1ccc(Cl)cc1NC(=O)CC[C@H]1CCCN(C(=O)c2ccoc2C)C1. The highest BCUT2D eigenvalue weighted by molar-refractivity contribution is 6.31. The third-order valence-electron chi connectivity index (χ3n) is 5.11. The molecule has 1 aliphatic rings. The van der Waals surface area contributed by atoms with E-state index in [0.29, 0.717) is 46.7 Å². The van der Waals surface area contributed by atoms with Crippen LogP contribution in [0.1, 0.15) is 41.8 Å². The first kappa shape index (κ1) is 20.3. The molecule has 1 saturated heterocycles. The van der Waals surface area contributed by atoms with Gasteiger partial charge in [0.2, 0.25) is 5.91 Å². The van der Waals surface area contributed by atoms with Crippen molar-refractivity contribution in [3.05, 3.63) is 46.9 Å². The van der Waals surface area contributed by atoms with Gasteiger partial charge in [-0.3, -0.25) is 9.59 Å². The lowest BCUT2D eigenvalue weighted by Crippen LogP contribution is -2.40. The second kappa shape index (κ2) is 9.15. The Morgan fingerprint density at radius 1 is 1.36 bits per heavy atom. The van der Waals surface area contributed by atoms with E-state index in [1.54, 1.807) is 44.6 Å². The van der Waals surface area contributed by atoms with E-state index in [1.807, 2.05) is 4.90 Å². The van der Waals surface area contributed by atoms with E-state index in [-0.39, 0.29) is 11.8 Å². The molecule has 0 unspecified atom stereocenters. The minimum absolute atomic E-state index is 0.00376. The number of ether oxygens (including phenoxy) is 1. The predicted molar refractivity (Wildman–Crippen MR) is 108 cm³/mol. The number of likely N-dealkylation sites (tertiary alicyclic amines) is 1. The summed E-state index contributed by atoms with van der Waals surface area (Å²) in [6.45, 7) is 3.20. The zero-order valence-electron chi connectivity index (χ0n) is 16.2. The summed E-state index contributed by atoms with van der Waals surface area (Å²) in [6.07, 6.45) is 4.60. The lowest BCUT2D eigenvalue weighted by molar-refractivity contribution is -0.116. The Hall–Kier alpha value is -2.47. The van der Waals surface area contributed by atoms with Crippen LogP contribution in [0.15, 0.2) is 34.9 Å². The molecule has 0 aliphatic carbocycles. The van der Waals surface area contributed by atoms with Crippen LogP contribution in [-0.4, -0.2) is 36.9 Å². The van der Waals surface area contributed by atoms with Gasteiger partial charge in [-0.1, -0.05) is 11.6 Å². The fourth-order valence-electron chi connectivity index (χ4n) is 3.59. The molecule has 2 heterocycles. The molecule has 0 saturated carbocycles. The molecule has 0 bridgehead atoms. The average Bonchev–Trinajstić information content (AvgIpc) is 3.12. The maximum atomic E-state index is 12.7. The van der Waals surface area contributed by atoms with Gasteiger partial charge in [0.05, 0.1) is 24.6 Å². The first-order valence-corrected chi connectivity index (χ1v) is 9.82. The maximum Gasteiger partial charge on any atom is 0.257 e. The summed E-state index contributed by atoms with van der Waals surface area (Å²) in [5.41, 5.74) is 1.18. The maximum absolute atomic E-state index is 12.7. The summed E-state index contributed by atoms with van der Waals surface area (Å²) in [7, 11) is 1.55. The van der Waals surface area contributed by atoms with Gasteiger partial charge >= 0.3 is 0 Å². The second-order valence-corrected chi connectivity index (χ2v) is 7.52. The van der Waals surface area contributed by atoms with Gasteiger partial charge in [-0.15, -0.1) is 0 Å². The molecule has 0 radical (unpaired) electrons. The van der Waals surface area contributed by atoms with Crippen molar-refractivity contribution < 1.29 is 18.7 Å². The van der Waals surface area contributed by atoms with Crippen molar-refractivity contribution >= 4 is 29.1 Å². The van der Waals surface area contributed by atoms with Crippen molar-refractivity contribution in [2.45, 2.75) is 32.6 Å². The molecule has 2 aromatic rings. The standard InChI is InChI=1S/C21H25ClN2O4/c1-14-17(9-11-28-14)21(26)24-10-3-4-15(13-24)5-8-20(25)23-18-12-16(22)6-7-19(18)27-2/h6-7,9,11-12,15H,3-5,8,10,13H2,1-2H3,(H,23,25)/t15-/m1/s1. The number of methoxy groups -OCH3 is 1. The molecule has 0 spiro atoms. The van der Waals surface area contributed by atoms with Crippen molar-refractivity contribution in [2.75, 3.05) is 25.5 Å². The number of amides is 2. The van der Waals surface area contributed by atoms with Crippen LogP contribution in [0.2, 0.25) is 5.02 Å². The van der Waals surface area contributed by atoms with E-state index in [1.165, 1.54) is 0 Å². The molecule has 6 nitrogen and oxygen atoms in total. The van der Waals surface area contributed by atoms with Crippen LogP contribution >= 0.6 is 11.6 Å². The summed E-state index contributed by atoms with van der Waals surface area (Å²) >= 11 is 6.00. The summed E-state index contributed by atoms with van der Waals surface area (Å²) in [6, 6.07) is 6.82. The number of rotatable bonds is 6. The largest absolute Gasteiger partial charge is 0.495 e. The Kier molecular flexibility index (Phi) is 6.62. The van der Waals surface area contributed by atoms with Gasteiger partial charge in [-0.25, -0.2) is 0 Å². The van der Waals surface area contributed by atoms with E-state index >= 15 is 0 Å². The molecule has 1 aliphatic heterocycles. The van der Waals surface area contributed by atoms with E-state index in [0.717, 1.165) is 25.8 Å². The Labute approximate surface area is 169 Å². The third-order valence-corrected chi connectivity index (χ3v) is 5.35. The molecule has 1 N–H and O–H groups in total. The van der Waals surface area contributed by atoms with Gasteiger partial charge in [0.15, 0.2) is 0 Å². The fraction of sp³-hybridized carbons (Fsp3) is 0.429. The average molecular weight is 405 g/mol. The molecule has 28 heavy (non-hydrogen) atoms. The van der Waals surface area contributed by atoms with Crippen LogP contribution in [0.4, 0.5) is 5.69 Å². The first-order chi connectivity index (χ1) is 13.5. The smallest absolute Gasteiger partial charge is 0.257 e. The summed E-state index contributed by atoms with van der Waals surface area (Å²) < 4.78 is 10.5. The van der Waals surface area contributed by atoms with Crippen LogP contribution < -0.4 is 10.1 Å². The number of benzene rings is 1. The minimum atomic E-state index is -0.0882. The zero-order valence-corrected chi connectivity index (χ0v) is 16.9. The normalized spacial score (nSPS) is 16.7. The topological polar surface area (TPSA) is 71.8 Å². The highest BCUT2D eigenvalue weighted by Crippen LogP contribution is 2.28. The molecule has 2 amide bonds. The Bertz CT molecular complexity index is 849. The molecule has 150 valence electrons. The van der Waals surface area contributed by atoms with E-state index in [2.05, 4.69) is 5.32 Å². The lowest BCUT2D eigenvalue weighted by atomic mass is 9.93. The number of hydrogen-bond acceptors (Lipinski definition) is 4. The molecular formula is C21H25ClN2O4. The minimum Gasteiger partial charge on any atom is -0.495 e. The number of carbonyl (C=O) groups excluding carboxylic acids is 2. The van der Waals surface area contributed by atoms with Crippen LogP contribution in [0, 0.1) is 12.8 Å². The number of nitrogens with zero attached hydrogens (tertiary/aromatic N) is 1. The highest BCUT2D eigenvalue weighted by atomic mass is 35.5. The van der Waals surface area contributed by atoms with E-state index in [4.69, 9.17) is 20.8 Å². The molecule has 7 heteroatoms. The molecule has 1 atom stereocenters. The van der Waals surface area contributed by atoms with Crippen LogP contribution in [0.3, 0.4) is 0 Å². The van der Waals surface area contributed by atoms with Crippen molar-refractivity contribution in [2.24, 2.45) is 5.92 Å². The lowest BCUT2D eigenvalue weighted by Gasteiger charge is -2.32. The first-order valence-electron chi connectivity index (χ1n) is 9.44. The predicted octanol–water partition coefficient (Wildman–Crippen LogP) is 4.52. The summed E-state index contributed by atoms with van der Waals surface area (Å²) in [5, 5.41) is 3.40. The van der Waals surface area contributed by atoms with E-state index in [9.17, 15) is 9.59 Å². The van der Waals surface area contributed by atoms with Crippen LogP contribution in [-0.2, 0) is 4.79 Å². The van der Waals surface area contributed by atoms with Gasteiger partial charge in [0.1, 0.15) is 11.5 Å². The monoisotopic (exact) mass is 404 g/mol. The van der Waals surface area contributed by atoms with Crippen LogP contribution in [0.5, 0.6) is 5.75 Å².